The maximum absolute atomic E-state index is 12.1. The molecular weight excluding hydrogens is 324 g/mol. The van der Waals surface area contributed by atoms with Gasteiger partial charge in [0.15, 0.2) is 0 Å². The number of ether oxygens (including phenoxy) is 1. The van der Waals surface area contributed by atoms with Gasteiger partial charge in [0, 0.05) is 25.6 Å². The number of primary amides is 1. The Hall–Kier alpha value is -2.17. The van der Waals surface area contributed by atoms with Crippen molar-refractivity contribution < 1.29 is 9.53 Å². The Labute approximate surface area is 154 Å². The second-order valence-corrected chi connectivity index (χ2v) is 7.40. The maximum Gasteiger partial charge on any atom is 0.224 e. The third-order valence-electron chi connectivity index (χ3n) is 5.73. The highest BCUT2D eigenvalue weighted by Crippen LogP contribution is 2.39. The second kappa shape index (κ2) is 7.60. The lowest BCUT2D eigenvalue weighted by Gasteiger charge is -2.35. The molecule has 0 spiro atoms. The number of fused-ring (bicyclic) bond motifs is 1. The van der Waals surface area contributed by atoms with E-state index >= 15 is 0 Å². The summed E-state index contributed by atoms with van der Waals surface area (Å²) in [5.41, 5.74) is 6.99. The van der Waals surface area contributed by atoms with E-state index < -0.39 is 0 Å². The van der Waals surface area contributed by atoms with Crippen LogP contribution in [0.4, 0.5) is 0 Å². The summed E-state index contributed by atoms with van der Waals surface area (Å²) in [4.78, 5) is 14.6. The molecule has 3 atom stereocenters. The maximum atomic E-state index is 12.1. The van der Waals surface area contributed by atoms with Gasteiger partial charge in [-0.05, 0) is 28.7 Å². The molecule has 1 saturated heterocycles. The highest BCUT2D eigenvalue weighted by Gasteiger charge is 2.33. The summed E-state index contributed by atoms with van der Waals surface area (Å²) in [6, 6.07) is 14.8. The monoisotopic (exact) mass is 350 g/mol. The van der Waals surface area contributed by atoms with Gasteiger partial charge in [0.1, 0.15) is 0 Å². The van der Waals surface area contributed by atoms with Crippen molar-refractivity contribution >= 4 is 16.7 Å². The van der Waals surface area contributed by atoms with E-state index in [-0.39, 0.29) is 17.7 Å². The zero-order valence-corrected chi connectivity index (χ0v) is 15.0. The molecule has 1 amide bonds. The summed E-state index contributed by atoms with van der Waals surface area (Å²) in [6.07, 6.45) is 5.20. The molecule has 4 heteroatoms. The molecule has 2 aromatic rings. The molecule has 1 fully saturated rings. The number of nitrogens with zero attached hydrogens (tertiary/aromatic N) is 1. The Balaban J connectivity index is 1.63. The molecule has 0 bridgehead atoms. The van der Waals surface area contributed by atoms with Gasteiger partial charge < -0.3 is 10.5 Å². The zero-order valence-electron chi connectivity index (χ0n) is 15.0. The van der Waals surface area contributed by atoms with Crippen molar-refractivity contribution in [3.63, 3.8) is 0 Å². The summed E-state index contributed by atoms with van der Waals surface area (Å²) in [5, 5.41) is 2.44. The van der Waals surface area contributed by atoms with Crippen molar-refractivity contribution in [2.75, 3.05) is 32.8 Å². The van der Waals surface area contributed by atoms with Gasteiger partial charge >= 0.3 is 0 Å². The predicted molar refractivity (Wildman–Crippen MR) is 104 cm³/mol. The van der Waals surface area contributed by atoms with Crippen LogP contribution in [0.15, 0.2) is 54.6 Å². The van der Waals surface area contributed by atoms with Gasteiger partial charge in [-0.15, -0.1) is 0 Å². The van der Waals surface area contributed by atoms with Crippen LogP contribution in [0.1, 0.15) is 17.9 Å². The van der Waals surface area contributed by atoms with Crippen molar-refractivity contribution in [2.45, 2.75) is 12.3 Å². The fourth-order valence-corrected chi connectivity index (χ4v) is 4.40. The summed E-state index contributed by atoms with van der Waals surface area (Å²) in [7, 11) is 0. The van der Waals surface area contributed by atoms with Gasteiger partial charge in [0.25, 0.3) is 0 Å². The minimum absolute atomic E-state index is 0.134. The van der Waals surface area contributed by atoms with Crippen LogP contribution in [0.25, 0.3) is 10.8 Å². The second-order valence-electron chi connectivity index (χ2n) is 7.40. The van der Waals surface area contributed by atoms with Crippen molar-refractivity contribution in [3.8, 4) is 0 Å². The molecule has 2 aliphatic rings. The molecule has 136 valence electrons. The van der Waals surface area contributed by atoms with Gasteiger partial charge in [-0.3, -0.25) is 9.69 Å². The fourth-order valence-electron chi connectivity index (χ4n) is 4.40. The van der Waals surface area contributed by atoms with Crippen molar-refractivity contribution in [1.29, 1.82) is 0 Å². The number of carbonyl (C=O) groups excluding carboxylic acids is 1. The van der Waals surface area contributed by atoms with E-state index in [2.05, 4.69) is 53.4 Å². The predicted octanol–water partition coefficient (Wildman–Crippen LogP) is 2.93. The third kappa shape index (κ3) is 3.53. The number of hydrogen-bond acceptors (Lipinski definition) is 3. The Morgan fingerprint density at radius 3 is 2.65 bits per heavy atom. The molecule has 3 unspecified atom stereocenters. The average molecular weight is 350 g/mol. The third-order valence-corrected chi connectivity index (χ3v) is 5.73. The first kappa shape index (κ1) is 17.3. The van der Waals surface area contributed by atoms with Crippen LogP contribution in [0, 0.1) is 11.8 Å². The van der Waals surface area contributed by atoms with Crippen LogP contribution in [0.2, 0.25) is 0 Å². The Morgan fingerprint density at radius 1 is 1.08 bits per heavy atom. The van der Waals surface area contributed by atoms with E-state index in [1.54, 1.807) is 0 Å². The lowest BCUT2D eigenvalue weighted by Crippen LogP contribution is -2.40. The fraction of sp³-hybridized carbons (Fsp3) is 0.409. The normalized spacial score (nSPS) is 26.8. The molecule has 0 saturated carbocycles. The van der Waals surface area contributed by atoms with Crippen LogP contribution in [-0.2, 0) is 9.53 Å². The lowest BCUT2D eigenvalue weighted by atomic mass is 9.73. The van der Waals surface area contributed by atoms with Crippen molar-refractivity contribution in [3.05, 3.63) is 60.2 Å². The first-order valence-corrected chi connectivity index (χ1v) is 9.48. The van der Waals surface area contributed by atoms with Crippen LogP contribution in [0.3, 0.4) is 0 Å². The quantitative estimate of drug-likeness (QED) is 0.863. The Bertz CT molecular complexity index is 805. The molecule has 2 N–H and O–H groups in total. The Morgan fingerprint density at radius 2 is 1.85 bits per heavy atom. The molecule has 4 rings (SSSR count). The van der Waals surface area contributed by atoms with Gasteiger partial charge in [0.05, 0.1) is 19.1 Å². The van der Waals surface area contributed by atoms with Gasteiger partial charge in [-0.25, -0.2) is 0 Å². The van der Waals surface area contributed by atoms with Crippen LogP contribution >= 0.6 is 0 Å². The smallest absolute Gasteiger partial charge is 0.224 e. The zero-order chi connectivity index (χ0) is 17.9. The number of rotatable bonds is 4. The highest BCUT2D eigenvalue weighted by atomic mass is 16.5. The van der Waals surface area contributed by atoms with E-state index in [4.69, 9.17) is 10.5 Å². The minimum atomic E-state index is -0.234. The number of benzene rings is 2. The molecule has 0 radical (unpaired) electrons. The highest BCUT2D eigenvalue weighted by molar-refractivity contribution is 5.88. The largest absolute Gasteiger partial charge is 0.379 e. The summed E-state index contributed by atoms with van der Waals surface area (Å²) in [5.74, 6) is 0.105. The number of morpholine rings is 1. The molecule has 1 aliphatic heterocycles. The molecular formula is C22H26N2O2. The minimum Gasteiger partial charge on any atom is -0.379 e. The summed E-state index contributed by atoms with van der Waals surface area (Å²) >= 11 is 0. The molecule has 2 aromatic carbocycles. The Kier molecular flexibility index (Phi) is 5.05. The van der Waals surface area contributed by atoms with Crippen LogP contribution in [-0.4, -0.2) is 43.7 Å². The molecule has 0 aromatic heterocycles. The summed E-state index contributed by atoms with van der Waals surface area (Å²) in [6.45, 7) is 4.62. The van der Waals surface area contributed by atoms with Gasteiger partial charge in [0.2, 0.25) is 5.91 Å². The lowest BCUT2D eigenvalue weighted by molar-refractivity contribution is -0.121. The molecule has 4 nitrogen and oxygen atoms in total. The van der Waals surface area contributed by atoms with Crippen LogP contribution < -0.4 is 5.73 Å². The number of hydrogen-bond donors (Lipinski definition) is 1. The first-order valence-electron chi connectivity index (χ1n) is 9.48. The van der Waals surface area contributed by atoms with E-state index in [9.17, 15) is 4.79 Å². The first-order chi connectivity index (χ1) is 12.7. The van der Waals surface area contributed by atoms with E-state index in [1.807, 2.05) is 6.08 Å². The van der Waals surface area contributed by atoms with Crippen LogP contribution in [0.5, 0.6) is 0 Å². The SMILES string of the molecule is NC(=O)C1C=CC(CN2CCOCC2)CC1c1cccc2ccccc12. The number of nitrogens with two attached hydrogens (primary N) is 1. The molecule has 1 aliphatic carbocycles. The average Bonchev–Trinajstić information content (AvgIpc) is 2.68. The molecule has 1 heterocycles. The summed E-state index contributed by atoms with van der Waals surface area (Å²) < 4.78 is 5.46. The molecule has 26 heavy (non-hydrogen) atoms. The standard InChI is InChI=1S/C22H26N2O2/c23-22(25)20-9-8-16(15-24-10-12-26-13-11-24)14-21(20)19-7-3-5-17-4-1-2-6-18(17)19/h1-9,16,20-21H,10-15H2,(H2,23,25). The topological polar surface area (TPSA) is 55.6 Å². The van der Waals surface area contributed by atoms with E-state index in [1.165, 1.54) is 16.3 Å². The number of carbonyl (C=O) groups is 1. The van der Waals surface area contributed by atoms with Crippen molar-refractivity contribution in [1.82, 2.24) is 4.90 Å². The van der Waals surface area contributed by atoms with Gasteiger partial charge in [-0.2, -0.15) is 0 Å². The van der Waals surface area contributed by atoms with E-state index in [0.29, 0.717) is 5.92 Å². The van der Waals surface area contributed by atoms with Crippen molar-refractivity contribution in [2.24, 2.45) is 17.6 Å². The van der Waals surface area contributed by atoms with Gasteiger partial charge in [-0.1, -0.05) is 54.6 Å². The van der Waals surface area contributed by atoms with E-state index in [0.717, 1.165) is 39.3 Å². The number of amides is 1.